The molecule has 0 aliphatic heterocycles. The van der Waals surface area contributed by atoms with E-state index >= 15 is 0 Å². The van der Waals surface area contributed by atoms with Crippen molar-refractivity contribution >= 4 is 19.8 Å². The summed E-state index contributed by atoms with van der Waals surface area (Å²) < 4.78 is 32.4. The van der Waals surface area contributed by atoms with Crippen molar-refractivity contribution in [1.29, 1.82) is 0 Å². The summed E-state index contributed by atoms with van der Waals surface area (Å²) in [5.41, 5.74) is 0. The Labute approximate surface area is 297 Å². The third-order valence-electron chi connectivity index (χ3n) is 7.78. The number of aliphatic hydroxyl groups excluding tert-OH is 2. The van der Waals surface area contributed by atoms with E-state index in [9.17, 15) is 24.2 Å². The average molecular weight is 717 g/mol. The first-order valence-electron chi connectivity index (χ1n) is 18.9. The topological polar surface area (TPSA) is 149 Å². The maximum Gasteiger partial charge on any atom is 0.472 e. The Morgan fingerprint density at radius 3 is 1.67 bits per heavy atom. The molecule has 0 rings (SSSR count). The molecule has 0 saturated carbocycles. The summed E-state index contributed by atoms with van der Waals surface area (Å²) in [6, 6.07) is 0. The Morgan fingerprint density at radius 2 is 1.10 bits per heavy atom. The predicted molar refractivity (Wildman–Crippen MR) is 196 cm³/mol. The third kappa shape index (κ3) is 34.4. The van der Waals surface area contributed by atoms with Crippen LogP contribution in [-0.2, 0) is 32.7 Å². The molecular formula is C38H69O10P. The normalized spacial score (nSPS) is 14.5. The molecule has 0 fully saturated rings. The SMILES string of the molecule is CCCCCCCC/C=C/C/C=C/CCC(=O)OC(COC(=O)CCCCC/C=C/CCCCCCCC)COP(=O)(O)OC[C@@H](O)CO. The van der Waals surface area contributed by atoms with Gasteiger partial charge in [-0.2, -0.15) is 0 Å². The lowest BCUT2D eigenvalue weighted by Crippen LogP contribution is -2.29. The minimum atomic E-state index is -4.63. The molecule has 10 nitrogen and oxygen atoms in total. The van der Waals surface area contributed by atoms with Crippen molar-refractivity contribution < 1.29 is 47.8 Å². The minimum absolute atomic E-state index is 0.0752. The zero-order valence-electron chi connectivity index (χ0n) is 30.7. The Kier molecular flexibility index (Phi) is 33.4. The van der Waals surface area contributed by atoms with Crippen molar-refractivity contribution in [3.05, 3.63) is 36.5 Å². The molecule has 0 aliphatic rings. The lowest BCUT2D eigenvalue weighted by atomic mass is 10.1. The maximum atomic E-state index is 12.5. The number of phosphoric ester groups is 1. The third-order valence-corrected chi connectivity index (χ3v) is 8.73. The van der Waals surface area contributed by atoms with Gasteiger partial charge in [0.05, 0.1) is 19.8 Å². The summed E-state index contributed by atoms with van der Waals surface area (Å²) in [5, 5.41) is 18.2. The lowest BCUT2D eigenvalue weighted by molar-refractivity contribution is -0.161. The molecule has 0 heterocycles. The van der Waals surface area contributed by atoms with Crippen LogP contribution in [-0.4, -0.2) is 65.7 Å². The Morgan fingerprint density at radius 1 is 0.612 bits per heavy atom. The van der Waals surface area contributed by atoms with E-state index < -0.39 is 51.8 Å². The number of carbonyl (C=O) groups is 2. The Hall–Kier alpha value is -1.81. The maximum absolute atomic E-state index is 12.5. The van der Waals surface area contributed by atoms with Gasteiger partial charge in [-0.3, -0.25) is 18.6 Å². The van der Waals surface area contributed by atoms with Gasteiger partial charge >= 0.3 is 19.8 Å². The highest BCUT2D eigenvalue weighted by Crippen LogP contribution is 2.43. The minimum Gasteiger partial charge on any atom is -0.462 e. The molecule has 286 valence electrons. The van der Waals surface area contributed by atoms with Crippen molar-refractivity contribution in [2.45, 2.75) is 167 Å². The van der Waals surface area contributed by atoms with Crippen LogP contribution in [0, 0.1) is 0 Å². The molecule has 0 aromatic rings. The summed E-state index contributed by atoms with van der Waals surface area (Å²) in [6.07, 6.45) is 32.8. The van der Waals surface area contributed by atoms with Crippen LogP contribution in [0.5, 0.6) is 0 Å². The van der Waals surface area contributed by atoms with E-state index in [4.69, 9.17) is 19.1 Å². The number of aliphatic hydroxyl groups is 2. The zero-order chi connectivity index (χ0) is 36.3. The first-order chi connectivity index (χ1) is 23.7. The standard InChI is InChI=1S/C38H69O10P/c1-3-5-7-9-11-13-15-17-19-21-23-25-27-29-37(41)45-33-36(34-47-49(43,44)46-32-35(40)31-39)48-38(42)30-28-26-24-22-20-18-16-14-12-10-8-6-4-2/h17-20,24,26,35-36,39-40H,3-16,21-23,25,27-34H2,1-2H3,(H,43,44)/b19-17+,20-18+,26-24+/t35-,36?/m0/s1. The van der Waals surface area contributed by atoms with Crippen LogP contribution in [0.4, 0.5) is 0 Å². The summed E-state index contributed by atoms with van der Waals surface area (Å²) in [7, 11) is -4.63. The van der Waals surface area contributed by atoms with Gasteiger partial charge in [0.2, 0.25) is 0 Å². The second-order valence-corrected chi connectivity index (χ2v) is 14.0. The van der Waals surface area contributed by atoms with E-state index in [1.807, 2.05) is 12.2 Å². The van der Waals surface area contributed by atoms with Crippen LogP contribution in [0.25, 0.3) is 0 Å². The fraction of sp³-hybridized carbons (Fsp3) is 0.789. The monoisotopic (exact) mass is 716 g/mol. The second-order valence-electron chi connectivity index (χ2n) is 12.6. The molecule has 0 amide bonds. The molecule has 3 N–H and O–H groups in total. The Balaban J connectivity index is 4.49. The fourth-order valence-electron chi connectivity index (χ4n) is 4.80. The molecule has 0 saturated heterocycles. The van der Waals surface area contributed by atoms with Gasteiger partial charge in [0.15, 0.2) is 6.10 Å². The summed E-state index contributed by atoms with van der Waals surface area (Å²) in [6.45, 7) is 2.26. The van der Waals surface area contributed by atoms with Crippen molar-refractivity contribution in [2.75, 3.05) is 26.4 Å². The molecule has 0 radical (unpaired) electrons. The van der Waals surface area contributed by atoms with E-state index in [0.717, 1.165) is 38.5 Å². The number of allylic oxidation sites excluding steroid dienone is 6. The molecule has 0 aliphatic carbocycles. The van der Waals surface area contributed by atoms with Gasteiger partial charge in [-0.1, -0.05) is 121 Å². The number of carbonyl (C=O) groups excluding carboxylic acids is 2. The van der Waals surface area contributed by atoms with E-state index in [2.05, 4.69) is 42.7 Å². The molecule has 0 spiro atoms. The molecule has 0 aromatic heterocycles. The van der Waals surface area contributed by atoms with Crippen LogP contribution >= 0.6 is 7.82 Å². The highest BCUT2D eigenvalue weighted by molar-refractivity contribution is 7.47. The van der Waals surface area contributed by atoms with Crippen LogP contribution < -0.4 is 0 Å². The van der Waals surface area contributed by atoms with Crippen molar-refractivity contribution in [3.63, 3.8) is 0 Å². The molecular weight excluding hydrogens is 647 g/mol. The van der Waals surface area contributed by atoms with Gasteiger partial charge in [0.25, 0.3) is 0 Å². The molecule has 0 aromatic carbocycles. The highest BCUT2D eigenvalue weighted by atomic mass is 31.2. The molecule has 2 unspecified atom stereocenters. The molecule has 49 heavy (non-hydrogen) atoms. The van der Waals surface area contributed by atoms with Gasteiger partial charge in [0, 0.05) is 12.8 Å². The summed E-state index contributed by atoms with van der Waals surface area (Å²) in [5.74, 6) is -1.02. The Bertz CT molecular complexity index is 920. The number of phosphoric acid groups is 1. The molecule has 3 atom stereocenters. The van der Waals surface area contributed by atoms with Gasteiger partial charge < -0.3 is 24.6 Å². The lowest BCUT2D eigenvalue weighted by Gasteiger charge is -2.20. The smallest absolute Gasteiger partial charge is 0.462 e. The number of hydrogen-bond donors (Lipinski definition) is 3. The van der Waals surface area contributed by atoms with Crippen LogP contribution in [0.3, 0.4) is 0 Å². The summed E-state index contributed by atoms with van der Waals surface area (Å²) in [4.78, 5) is 34.7. The first kappa shape index (κ1) is 47.2. The van der Waals surface area contributed by atoms with Crippen molar-refractivity contribution in [1.82, 2.24) is 0 Å². The van der Waals surface area contributed by atoms with E-state index in [0.29, 0.717) is 12.8 Å². The van der Waals surface area contributed by atoms with E-state index in [1.165, 1.54) is 77.0 Å². The highest BCUT2D eigenvalue weighted by Gasteiger charge is 2.27. The van der Waals surface area contributed by atoms with Gasteiger partial charge in [0.1, 0.15) is 12.7 Å². The fourth-order valence-corrected chi connectivity index (χ4v) is 5.59. The van der Waals surface area contributed by atoms with Gasteiger partial charge in [-0.05, 0) is 57.8 Å². The van der Waals surface area contributed by atoms with E-state index in [1.54, 1.807) is 0 Å². The number of hydrogen-bond acceptors (Lipinski definition) is 9. The number of ether oxygens (including phenoxy) is 2. The average Bonchev–Trinajstić information content (AvgIpc) is 3.09. The molecule has 11 heteroatoms. The predicted octanol–water partition coefficient (Wildman–Crippen LogP) is 9.22. The van der Waals surface area contributed by atoms with Crippen LogP contribution in [0.2, 0.25) is 0 Å². The number of esters is 2. The zero-order valence-corrected chi connectivity index (χ0v) is 31.5. The molecule has 0 bridgehead atoms. The second kappa shape index (κ2) is 34.6. The quantitative estimate of drug-likeness (QED) is 0.0251. The van der Waals surface area contributed by atoms with Crippen LogP contribution in [0.15, 0.2) is 36.5 Å². The summed E-state index contributed by atoms with van der Waals surface area (Å²) >= 11 is 0. The first-order valence-corrected chi connectivity index (χ1v) is 20.4. The van der Waals surface area contributed by atoms with Gasteiger partial charge in [-0.25, -0.2) is 4.57 Å². The van der Waals surface area contributed by atoms with Crippen LogP contribution in [0.1, 0.15) is 155 Å². The largest absolute Gasteiger partial charge is 0.472 e. The van der Waals surface area contributed by atoms with Gasteiger partial charge in [-0.15, -0.1) is 0 Å². The van der Waals surface area contributed by atoms with E-state index in [-0.39, 0.29) is 19.4 Å². The van der Waals surface area contributed by atoms with Crippen molar-refractivity contribution in [3.8, 4) is 0 Å². The number of unbranched alkanes of at least 4 members (excludes halogenated alkanes) is 15. The van der Waals surface area contributed by atoms with Crippen molar-refractivity contribution in [2.24, 2.45) is 0 Å². The number of rotatable bonds is 35.